The molecule has 0 saturated carbocycles. The molecule has 1 N–H and O–H groups in total. The van der Waals surface area contributed by atoms with Crippen LogP contribution in [0.3, 0.4) is 0 Å². The molecule has 8 nitrogen and oxygen atoms in total. The second kappa shape index (κ2) is 12.5. The van der Waals surface area contributed by atoms with E-state index in [-0.39, 0.29) is 29.2 Å². The number of hydrogen-bond donors (Lipinski definition) is 1. The van der Waals surface area contributed by atoms with Crippen LogP contribution in [0.5, 0.6) is 5.75 Å². The van der Waals surface area contributed by atoms with Crippen molar-refractivity contribution in [1.82, 2.24) is 10.2 Å². The minimum absolute atomic E-state index is 0.0649. The lowest BCUT2D eigenvalue weighted by Crippen LogP contribution is -2.52. The molecule has 2 aromatic carbocycles. The Morgan fingerprint density at radius 1 is 1.11 bits per heavy atom. The Balaban J connectivity index is 2.41. The molecule has 2 unspecified atom stereocenters. The van der Waals surface area contributed by atoms with Crippen molar-refractivity contribution < 1.29 is 22.7 Å². The number of rotatable bonds is 11. The molecule has 2 atom stereocenters. The summed E-state index contributed by atoms with van der Waals surface area (Å²) in [4.78, 5) is 27.8. The summed E-state index contributed by atoms with van der Waals surface area (Å²) in [6.45, 7) is 4.95. The van der Waals surface area contributed by atoms with E-state index >= 15 is 0 Å². The van der Waals surface area contributed by atoms with Gasteiger partial charge < -0.3 is 15.0 Å². The summed E-state index contributed by atoms with van der Waals surface area (Å²) in [6, 6.07) is 10.4. The molecule has 0 aromatic heterocycles. The molecule has 2 aromatic rings. The second-order valence-corrected chi connectivity index (χ2v) is 11.0. The van der Waals surface area contributed by atoms with Gasteiger partial charge in [0.25, 0.3) is 0 Å². The third kappa shape index (κ3) is 8.02. The van der Waals surface area contributed by atoms with Crippen LogP contribution in [-0.4, -0.2) is 57.1 Å². The van der Waals surface area contributed by atoms with Gasteiger partial charge in [-0.2, -0.15) is 0 Å². The first-order valence-electron chi connectivity index (χ1n) is 11.0. The van der Waals surface area contributed by atoms with Crippen molar-refractivity contribution >= 4 is 50.7 Å². The van der Waals surface area contributed by atoms with Crippen LogP contribution in [0.4, 0.5) is 5.69 Å². The fraction of sp³-hybridized carbons (Fsp3) is 0.417. The zero-order chi connectivity index (χ0) is 26.3. The number of nitrogens with zero attached hydrogens (tertiary/aromatic N) is 2. The van der Waals surface area contributed by atoms with Gasteiger partial charge in [0.15, 0.2) is 0 Å². The van der Waals surface area contributed by atoms with E-state index < -0.39 is 28.5 Å². The van der Waals surface area contributed by atoms with Gasteiger partial charge in [-0.3, -0.25) is 13.9 Å². The summed E-state index contributed by atoms with van der Waals surface area (Å²) in [5.74, 6) is -0.532. The molecule has 0 bridgehead atoms. The fourth-order valence-corrected chi connectivity index (χ4v) is 4.61. The van der Waals surface area contributed by atoms with Crippen LogP contribution in [0.15, 0.2) is 42.5 Å². The van der Waals surface area contributed by atoms with Gasteiger partial charge in [-0.15, -0.1) is 0 Å². The molecule has 0 radical (unpaired) electrons. The molecular formula is C24H31Cl2N3O5S. The first kappa shape index (κ1) is 28.7. The van der Waals surface area contributed by atoms with Gasteiger partial charge >= 0.3 is 0 Å². The van der Waals surface area contributed by atoms with Crippen LogP contribution in [-0.2, 0) is 26.2 Å². The lowest BCUT2D eigenvalue weighted by atomic mass is 10.1. The number of hydrogen-bond acceptors (Lipinski definition) is 5. The first-order chi connectivity index (χ1) is 16.4. The predicted octanol–water partition coefficient (Wildman–Crippen LogP) is 4.10. The van der Waals surface area contributed by atoms with E-state index in [2.05, 4.69) is 5.32 Å². The third-order valence-corrected chi connectivity index (χ3v) is 7.18. The van der Waals surface area contributed by atoms with Crippen LogP contribution in [0, 0.1) is 0 Å². The van der Waals surface area contributed by atoms with Crippen molar-refractivity contribution in [2.45, 2.75) is 45.8 Å². The summed E-state index contributed by atoms with van der Waals surface area (Å²) in [7, 11) is -2.42. The van der Waals surface area contributed by atoms with Crippen LogP contribution in [0.2, 0.25) is 10.0 Å². The van der Waals surface area contributed by atoms with Gasteiger partial charge in [-0.1, -0.05) is 42.3 Å². The SMILES string of the molecule is CCC(C)NC(=O)C(C)N(Cc1cccc(Cl)c1)C(=O)CN(c1ccc(OC)c(Cl)c1)S(C)(=O)=O. The van der Waals surface area contributed by atoms with E-state index in [4.69, 9.17) is 27.9 Å². The van der Waals surface area contributed by atoms with Gasteiger partial charge in [0.05, 0.1) is 24.1 Å². The normalized spacial score (nSPS) is 13.0. The van der Waals surface area contributed by atoms with Gasteiger partial charge in [0.1, 0.15) is 18.3 Å². The molecule has 0 saturated heterocycles. The maximum absolute atomic E-state index is 13.5. The molecule has 0 fully saturated rings. The number of carbonyl (C=O) groups is 2. The van der Waals surface area contributed by atoms with Crippen LogP contribution in [0.1, 0.15) is 32.8 Å². The van der Waals surface area contributed by atoms with E-state index in [1.54, 1.807) is 31.2 Å². The van der Waals surface area contributed by atoms with E-state index in [1.165, 1.54) is 30.2 Å². The van der Waals surface area contributed by atoms with E-state index in [1.807, 2.05) is 13.8 Å². The highest BCUT2D eigenvalue weighted by Gasteiger charge is 2.30. The summed E-state index contributed by atoms with van der Waals surface area (Å²) in [6.07, 6.45) is 1.72. The Morgan fingerprint density at radius 2 is 1.80 bits per heavy atom. The van der Waals surface area contributed by atoms with Gasteiger partial charge in [-0.25, -0.2) is 8.42 Å². The Labute approximate surface area is 217 Å². The van der Waals surface area contributed by atoms with Crippen LogP contribution in [0.25, 0.3) is 0 Å². The summed E-state index contributed by atoms with van der Waals surface area (Å²) in [5, 5.41) is 3.56. The smallest absolute Gasteiger partial charge is 0.244 e. The number of nitrogens with one attached hydrogen (secondary N) is 1. The minimum atomic E-state index is -3.87. The molecule has 2 rings (SSSR count). The van der Waals surface area contributed by atoms with E-state index in [0.717, 1.165) is 17.0 Å². The lowest BCUT2D eigenvalue weighted by molar-refractivity contribution is -0.139. The second-order valence-electron chi connectivity index (χ2n) is 8.23. The average molecular weight is 545 g/mol. The molecule has 192 valence electrons. The highest BCUT2D eigenvalue weighted by Crippen LogP contribution is 2.30. The summed E-state index contributed by atoms with van der Waals surface area (Å²) < 4.78 is 31.3. The molecule has 35 heavy (non-hydrogen) atoms. The fourth-order valence-electron chi connectivity index (χ4n) is 3.30. The number of benzene rings is 2. The van der Waals surface area contributed by atoms with Crippen molar-refractivity contribution in [3.05, 3.63) is 58.1 Å². The number of anilines is 1. The van der Waals surface area contributed by atoms with Crippen molar-refractivity contribution in [2.75, 3.05) is 24.2 Å². The third-order valence-electron chi connectivity index (χ3n) is 5.51. The standard InChI is InChI=1S/C24H31Cl2N3O5S/c1-6-16(2)27-24(31)17(3)28(14-18-8-7-9-19(25)12-18)23(30)15-29(35(5,32)33)20-10-11-22(34-4)21(26)13-20/h7-13,16-17H,6,14-15H2,1-5H3,(H,27,31). The van der Waals surface area contributed by atoms with Crippen molar-refractivity contribution in [3.8, 4) is 5.75 Å². The number of carbonyl (C=O) groups excluding carboxylic acids is 2. The van der Waals surface area contributed by atoms with E-state index in [0.29, 0.717) is 16.3 Å². The maximum Gasteiger partial charge on any atom is 0.244 e. The molecule has 0 aliphatic rings. The monoisotopic (exact) mass is 543 g/mol. The minimum Gasteiger partial charge on any atom is -0.495 e. The quantitative estimate of drug-likeness (QED) is 0.460. The molecule has 0 aliphatic carbocycles. The zero-order valence-electron chi connectivity index (χ0n) is 20.4. The topological polar surface area (TPSA) is 96.0 Å². The summed E-state index contributed by atoms with van der Waals surface area (Å²) >= 11 is 12.3. The maximum atomic E-state index is 13.5. The van der Waals surface area contributed by atoms with Gasteiger partial charge in [-0.05, 0) is 56.2 Å². The molecule has 0 spiro atoms. The van der Waals surface area contributed by atoms with Crippen molar-refractivity contribution in [3.63, 3.8) is 0 Å². The highest BCUT2D eigenvalue weighted by atomic mass is 35.5. The largest absolute Gasteiger partial charge is 0.495 e. The van der Waals surface area contributed by atoms with Crippen LogP contribution < -0.4 is 14.4 Å². The van der Waals surface area contributed by atoms with Crippen molar-refractivity contribution in [1.29, 1.82) is 0 Å². The predicted molar refractivity (Wildman–Crippen MR) is 140 cm³/mol. The first-order valence-corrected chi connectivity index (χ1v) is 13.6. The lowest BCUT2D eigenvalue weighted by Gasteiger charge is -2.32. The summed E-state index contributed by atoms with van der Waals surface area (Å²) in [5.41, 5.74) is 0.901. The molecular weight excluding hydrogens is 513 g/mol. The molecule has 2 amide bonds. The zero-order valence-corrected chi connectivity index (χ0v) is 22.7. The number of amides is 2. The molecule has 0 aliphatic heterocycles. The number of methoxy groups -OCH3 is 1. The number of sulfonamides is 1. The number of ether oxygens (including phenoxy) is 1. The van der Waals surface area contributed by atoms with E-state index in [9.17, 15) is 18.0 Å². The Hall–Kier alpha value is -2.49. The Bertz CT molecular complexity index is 1160. The average Bonchev–Trinajstić information content (AvgIpc) is 2.79. The Kier molecular flexibility index (Phi) is 10.2. The van der Waals surface area contributed by atoms with Crippen LogP contribution >= 0.6 is 23.2 Å². The van der Waals surface area contributed by atoms with Crippen molar-refractivity contribution in [2.24, 2.45) is 0 Å². The molecule has 11 heteroatoms. The van der Waals surface area contributed by atoms with Gasteiger partial charge in [0.2, 0.25) is 21.8 Å². The number of halogens is 2. The van der Waals surface area contributed by atoms with Gasteiger partial charge in [0, 0.05) is 17.6 Å². The highest BCUT2D eigenvalue weighted by molar-refractivity contribution is 7.92. The Morgan fingerprint density at radius 3 is 2.34 bits per heavy atom. The molecule has 0 heterocycles.